The predicted molar refractivity (Wildman–Crippen MR) is 221 cm³/mol. The van der Waals surface area contributed by atoms with Crippen LogP contribution in [0.4, 0.5) is 0 Å². The monoisotopic (exact) mass is 760 g/mol. The minimum atomic E-state index is -0.840. The molecular weight excluding hydrogens is 715 g/mol. The van der Waals surface area contributed by atoms with Crippen LogP contribution in [0.25, 0.3) is 26.5 Å². The molecular formula is C40H45O5P5. The summed E-state index contributed by atoms with van der Waals surface area (Å²) in [6, 6.07) is 34.0. The van der Waals surface area contributed by atoms with Crippen molar-refractivity contribution >= 4 is 34.4 Å². The van der Waals surface area contributed by atoms with Gasteiger partial charge in [-0.1, -0.05) is 23.8 Å². The van der Waals surface area contributed by atoms with E-state index in [4.69, 9.17) is 23.7 Å². The topological polar surface area (TPSA) is 46.2 Å². The first-order valence-electron chi connectivity index (χ1n) is 16.4. The third-order valence-corrected chi connectivity index (χ3v) is 49.3. The van der Waals surface area contributed by atoms with Crippen molar-refractivity contribution in [3.05, 3.63) is 119 Å². The number of benzene rings is 5. The van der Waals surface area contributed by atoms with Crippen molar-refractivity contribution in [1.82, 2.24) is 0 Å². The summed E-state index contributed by atoms with van der Waals surface area (Å²) in [6.45, 7) is 7.27. The SMILES string of the molecule is COc1ccc(-p2p(-c3ccc(C)cc3C)p(-c3ccc(C)cc3OC)p(-c3ccc(OC)cc3OC)p2-c2ccc(OC)cc2C)c(C)c1. The molecule has 0 saturated heterocycles. The van der Waals surface area contributed by atoms with Crippen LogP contribution < -0.4 is 23.7 Å². The highest BCUT2D eigenvalue weighted by Gasteiger charge is 2.32. The van der Waals surface area contributed by atoms with Crippen molar-refractivity contribution in [3.63, 3.8) is 0 Å². The zero-order valence-electron chi connectivity index (χ0n) is 30.4. The molecule has 0 N–H and O–H groups in total. The maximum Gasteiger partial charge on any atom is 0.134 e. The molecule has 5 unspecified atom stereocenters. The molecule has 5 atom stereocenters. The lowest BCUT2D eigenvalue weighted by atomic mass is 10.2. The summed E-state index contributed by atoms with van der Waals surface area (Å²) >= 11 is 0. The second-order valence-electron chi connectivity index (χ2n) is 12.3. The maximum atomic E-state index is 6.31. The van der Waals surface area contributed by atoms with Gasteiger partial charge in [0.1, 0.15) is 28.7 Å². The van der Waals surface area contributed by atoms with Gasteiger partial charge in [-0.05, 0) is 158 Å². The molecule has 0 amide bonds. The van der Waals surface area contributed by atoms with E-state index in [1.54, 1.807) is 28.4 Å². The molecule has 6 aromatic rings. The number of aryl methyl sites for hydroxylation is 5. The quantitative estimate of drug-likeness (QED) is 0.139. The van der Waals surface area contributed by atoms with E-state index in [0.29, 0.717) is 0 Å². The molecule has 5 aromatic carbocycles. The van der Waals surface area contributed by atoms with Gasteiger partial charge in [-0.25, -0.2) is 0 Å². The first-order valence-corrected chi connectivity index (χ1v) is 26.6. The van der Waals surface area contributed by atoms with Gasteiger partial charge in [0.25, 0.3) is 0 Å². The van der Waals surface area contributed by atoms with E-state index >= 15 is 0 Å². The molecule has 0 radical (unpaired) electrons. The molecule has 50 heavy (non-hydrogen) atoms. The van der Waals surface area contributed by atoms with Crippen molar-refractivity contribution in [2.45, 2.75) is 34.6 Å². The van der Waals surface area contributed by atoms with Gasteiger partial charge in [0.15, 0.2) is 0 Å². The summed E-state index contributed by atoms with van der Waals surface area (Å²) in [4.78, 5) is 0. The lowest BCUT2D eigenvalue weighted by molar-refractivity contribution is 0.396. The van der Waals surface area contributed by atoms with E-state index in [-0.39, 0.29) is 0 Å². The molecule has 0 fully saturated rings. The molecule has 1 heterocycles. The van der Waals surface area contributed by atoms with Crippen molar-refractivity contribution in [3.8, 4) is 55.3 Å². The highest BCUT2D eigenvalue weighted by Crippen LogP contribution is 2.98. The minimum absolute atomic E-state index is 0.744. The summed E-state index contributed by atoms with van der Waals surface area (Å²) in [6.07, 6.45) is 0. The van der Waals surface area contributed by atoms with Crippen LogP contribution in [0.1, 0.15) is 27.8 Å². The second-order valence-corrected chi connectivity index (χ2v) is 34.3. The van der Waals surface area contributed by atoms with E-state index in [1.807, 2.05) is 7.11 Å². The lowest BCUT2D eigenvalue weighted by Gasteiger charge is -2.19. The Bertz CT molecular complexity index is 2230. The van der Waals surface area contributed by atoms with Crippen LogP contribution >= 0.6 is 34.4 Å². The molecule has 0 bridgehead atoms. The highest BCUT2D eigenvalue weighted by atomic mass is 32.7. The van der Waals surface area contributed by atoms with Crippen LogP contribution in [0.15, 0.2) is 91.0 Å². The van der Waals surface area contributed by atoms with E-state index in [9.17, 15) is 0 Å². The van der Waals surface area contributed by atoms with Crippen molar-refractivity contribution in [1.29, 1.82) is 0 Å². The van der Waals surface area contributed by atoms with E-state index in [0.717, 1.165) is 28.7 Å². The molecule has 0 aliphatic rings. The average Bonchev–Trinajstić information content (AvgIpc) is 3.45. The molecule has 0 saturated carbocycles. The Labute approximate surface area is 301 Å². The largest absolute Gasteiger partial charge is 0.497 e. The Morgan fingerprint density at radius 1 is 0.320 bits per heavy atom. The number of rotatable bonds is 10. The van der Waals surface area contributed by atoms with Crippen LogP contribution in [-0.4, -0.2) is 35.5 Å². The van der Waals surface area contributed by atoms with Gasteiger partial charge in [0.05, 0.1) is 35.5 Å². The Balaban J connectivity index is 1.96. The third-order valence-electron chi connectivity index (χ3n) is 8.86. The first kappa shape index (κ1) is 36.4. The van der Waals surface area contributed by atoms with E-state index in [1.165, 1.54) is 54.3 Å². The second kappa shape index (κ2) is 15.5. The number of hydrogen-bond acceptors (Lipinski definition) is 5. The van der Waals surface area contributed by atoms with Crippen molar-refractivity contribution in [2.75, 3.05) is 35.5 Å². The van der Waals surface area contributed by atoms with Crippen LogP contribution in [-0.2, 0) is 0 Å². The predicted octanol–water partition coefficient (Wildman–Crippen LogP) is 14.3. The standard InChI is InChI=1S/C40H45O5P5/c1-26-11-16-36(28(3)21-26)47-46(37-18-13-31(41-6)23-29(37)4)48(38-19-14-32(42-7)24-30(38)5)50(40-20-15-33(43-8)25-35(40)45-10)49(47)39-17-12-27(2)22-34(39)44-9/h11-25H,1-10H3. The maximum absolute atomic E-state index is 6.31. The Hall–Kier alpha value is -3.40. The zero-order chi connectivity index (χ0) is 35.7. The summed E-state index contributed by atoms with van der Waals surface area (Å²) in [5, 5.41) is 7.05. The van der Waals surface area contributed by atoms with Crippen LogP contribution in [0.3, 0.4) is 0 Å². The van der Waals surface area contributed by atoms with Gasteiger partial charge < -0.3 is 23.7 Å². The fourth-order valence-corrected chi connectivity index (χ4v) is 72.6. The fraction of sp³-hybridized carbons (Fsp3) is 0.250. The summed E-state index contributed by atoms with van der Waals surface area (Å²) in [5.41, 5.74) is 6.42. The van der Waals surface area contributed by atoms with Gasteiger partial charge in [-0.2, -0.15) is 0 Å². The Morgan fingerprint density at radius 3 is 1.04 bits per heavy atom. The summed E-state index contributed by atoms with van der Waals surface area (Å²) in [5.74, 6) is 4.45. The molecule has 6 rings (SSSR count). The summed E-state index contributed by atoms with van der Waals surface area (Å²) in [7, 11) is 8.84. The summed E-state index contributed by atoms with van der Waals surface area (Å²) < 4.78 is 29.8. The van der Waals surface area contributed by atoms with Gasteiger partial charge in [-0.15, -0.1) is 0 Å². The molecule has 260 valence electrons. The highest BCUT2D eigenvalue weighted by molar-refractivity contribution is 8.78. The van der Waals surface area contributed by atoms with Crippen molar-refractivity contribution in [2.24, 2.45) is 0 Å². The molecule has 0 aliphatic carbocycles. The third kappa shape index (κ3) is 6.81. The zero-order valence-corrected chi connectivity index (χ0v) is 34.9. The van der Waals surface area contributed by atoms with Gasteiger partial charge in [-0.3, -0.25) is 0 Å². The van der Waals surface area contributed by atoms with E-state index < -0.39 is 34.4 Å². The Kier molecular flexibility index (Phi) is 11.3. The normalized spacial score (nSPS) is 12.8. The first-order chi connectivity index (χ1) is 24.1. The molecule has 1 aromatic heterocycles. The molecule has 0 aliphatic heterocycles. The van der Waals surface area contributed by atoms with Gasteiger partial charge >= 0.3 is 0 Å². The Morgan fingerprint density at radius 2 is 0.640 bits per heavy atom. The number of hydrogen-bond donors (Lipinski definition) is 0. The number of methoxy groups -OCH3 is 5. The molecule has 10 heteroatoms. The lowest BCUT2D eigenvalue weighted by Crippen LogP contribution is -1.88. The van der Waals surface area contributed by atoms with E-state index in [2.05, 4.69) is 126 Å². The smallest absolute Gasteiger partial charge is 0.134 e. The van der Waals surface area contributed by atoms with Gasteiger partial charge in [0, 0.05) is 32.6 Å². The molecule has 5 nitrogen and oxygen atoms in total. The van der Waals surface area contributed by atoms with Crippen molar-refractivity contribution < 1.29 is 23.7 Å². The van der Waals surface area contributed by atoms with Gasteiger partial charge in [0.2, 0.25) is 0 Å². The minimum Gasteiger partial charge on any atom is -0.497 e. The van der Waals surface area contributed by atoms with Crippen LogP contribution in [0.5, 0.6) is 28.7 Å². The molecule has 0 spiro atoms. The number of ether oxygens (including phenoxy) is 5. The van der Waals surface area contributed by atoms with Crippen LogP contribution in [0, 0.1) is 34.6 Å². The fourth-order valence-electron chi connectivity index (χ4n) is 6.31. The van der Waals surface area contributed by atoms with Crippen LogP contribution in [0.2, 0.25) is 0 Å². The average molecular weight is 761 g/mol.